The molecular formula is C32H34N2O2S. The van der Waals surface area contributed by atoms with Crippen molar-refractivity contribution < 1.29 is 9.59 Å². The van der Waals surface area contributed by atoms with Crippen molar-refractivity contribution in [3.05, 3.63) is 100.0 Å². The number of thioether (sulfide) groups is 1. The fourth-order valence-corrected chi connectivity index (χ4v) is 6.38. The van der Waals surface area contributed by atoms with E-state index in [9.17, 15) is 9.59 Å². The van der Waals surface area contributed by atoms with Gasteiger partial charge in [-0.25, -0.2) is 0 Å². The van der Waals surface area contributed by atoms with Crippen LogP contribution in [0.25, 0.3) is 6.08 Å². The summed E-state index contributed by atoms with van der Waals surface area (Å²) in [6.45, 7) is 7.01. The standard InChI is InChI=1S/C32H34N2O2S/c1-21-9-7-13-25(17-21)20-34-28-19-26(31(35)33-27-14-8-10-22(2)23(27)3)15-16-29(28)37-30(32(34)36)18-24-11-5-4-6-12-24/h4-7,9,11-13,15-19,22-23,27H,8,10,14,20H2,1-3H3,(H,33,35)/b30-18-/t22-,23+,27+/m0/s1. The largest absolute Gasteiger partial charge is 0.349 e. The molecule has 5 rings (SSSR count). The van der Waals surface area contributed by atoms with Crippen LogP contribution in [0.3, 0.4) is 0 Å². The molecule has 1 saturated carbocycles. The number of carbonyl (C=O) groups excluding carboxylic acids is 2. The Bertz CT molecular complexity index is 1330. The van der Waals surface area contributed by atoms with Crippen molar-refractivity contribution in [2.45, 2.75) is 57.5 Å². The third-order valence-corrected chi connectivity index (χ3v) is 8.81. The number of nitrogens with zero attached hydrogens (tertiary/aromatic N) is 1. The van der Waals surface area contributed by atoms with Crippen molar-refractivity contribution in [3.63, 3.8) is 0 Å². The third-order valence-electron chi connectivity index (χ3n) is 7.73. The SMILES string of the molecule is Cc1cccc(CN2C(=O)/C(=C/c3ccccc3)Sc3ccc(C(=O)N[C@@H]4CCC[C@H](C)[C@H]4C)cc32)c1. The number of fused-ring (bicyclic) bond motifs is 1. The fourth-order valence-electron chi connectivity index (χ4n) is 5.34. The van der Waals surface area contributed by atoms with Gasteiger partial charge in [-0.15, -0.1) is 0 Å². The van der Waals surface area contributed by atoms with Gasteiger partial charge < -0.3 is 10.2 Å². The van der Waals surface area contributed by atoms with E-state index in [1.807, 2.05) is 71.6 Å². The van der Waals surface area contributed by atoms with E-state index in [1.54, 1.807) is 0 Å². The number of hydrogen-bond donors (Lipinski definition) is 1. The van der Waals surface area contributed by atoms with Crippen LogP contribution in [0.1, 0.15) is 60.2 Å². The van der Waals surface area contributed by atoms with E-state index in [0.717, 1.165) is 40.1 Å². The normalized spacial score (nSPS) is 22.6. The second-order valence-electron chi connectivity index (χ2n) is 10.4. The number of aryl methyl sites for hydroxylation is 1. The molecule has 1 aliphatic heterocycles. The van der Waals surface area contributed by atoms with Crippen LogP contribution < -0.4 is 10.2 Å². The molecular weight excluding hydrogens is 476 g/mol. The van der Waals surface area contributed by atoms with Gasteiger partial charge in [-0.05, 0) is 60.6 Å². The van der Waals surface area contributed by atoms with Crippen LogP contribution in [-0.4, -0.2) is 17.9 Å². The lowest BCUT2D eigenvalue weighted by Crippen LogP contribution is -2.43. The first kappa shape index (κ1) is 25.3. The van der Waals surface area contributed by atoms with E-state index >= 15 is 0 Å². The summed E-state index contributed by atoms with van der Waals surface area (Å²) < 4.78 is 0. The highest BCUT2D eigenvalue weighted by Crippen LogP contribution is 2.43. The second-order valence-corrected chi connectivity index (χ2v) is 11.5. The fraction of sp³-hybridized carbons (Fsp3) is 0.312. The second kappa shape index (κ2) is 11.0. The highest BCUT2D eigenvalue weighted by Gasteiger charge is 2.32. The predicted octanol–water partition coefficient (Wildman–Crippen LogP) is 7.23. The molecule has 190 valence electrons. The van der Waals surface area contributed by atoms with Crippen molar-refractivity contribution in [2.75, 3.05) is 4.90 Å². The Kier molecular flexibility index (Phi) is 7.52. The Hall–Kier alpha value is -3.31. The Morgan fingerprint density at radius 1 is 1.03 bits per heavy atom. The summed E-state index contributed by atoms with van der Waals surface area (Å²) in [5, 5.41) is 3.29. The number of benzene rings is 3. The maximum Gasteiger partial charge on any atom is 0.265 e. The van der Waals surface area contributed by atoms with Crippen molar-refractivity contribution >= 4 is 35.3 Å². The molecule has 0 saturated heterocycles. The number of carbonyl (C=O) groups is 2. The molecule has 1 aliphatic carbocycles. The van der Waals surface area contributed by atoms with Gasteiger partial charge in [0.15, 0.2) is 0 Å². The monoisotopic (exact) mass is 510 g/mol. The molecule has 3 aromatic rings. The van der Waals surface area contributed by atoms with Crippen LogP contribution >= 0.6 is 11.8 Å². The molecule has 0 spiro atoms. The van der Waals surface area contributed by atoms with E-state index in [2.05, 4.69) is 38.2 Å². The summed E-state index contributed by atoms with van der Waals surface area (Å²) >= 11 is 1.47. The molecule has 0 aromatic heterocycles. The van der Waals surface area contributed by atoms with Crippen molar-refractivity contribution in [2.24, 2.45) is 11.8 Å². The highest BCUT2D eigenvalue weighted by molar-refractivity contribution is 8.04. The molecule has 0 unspecified atom stereocenters. The van der Waals surface area contributed by atoms with Crippen molar-refractivity contribution in [1.29, 1.82) is 0 Å². The van der Waals surface area contributed by atoms with Gasteiger partial charge in [0.05, 0.1) is 17.1 Å². The van der Waals surface area contributed by atoms with Gasteiger partial charge in [0.25, 0.3) is 11.8 Å². The number of nitrogens with one attached hydrogen (secondary N) is 1. The number of anilines is 1. The molecule has 0 bridgehead atoms. The Balaban J connectivity index is 1.48. The number of amides is 2. The van der Waals surface area contributed by atoms with Gasteiger partial charge in [0.2, 0.25) is 0 Å². The maximum atomic E-state index is 13.8. The van der Waals surface area contributed by atoms with Crippen LogP contribution in [0.5, 0.6) is 0 Å². The molecule has 1 fully saturated rings. The first-order valence-corrected chi connectivity index (χ1v) is 14.0. The van der Waals surface area contributed by atoms with E-state index in [4.69, 9.17) is 0 Å². The van der Waals surface area contributed by atoms with Crippen LogP contribution in [0.4, 0.5) is 5.69 Å². The third kappa shape index (κ3) is 5.67. The van der Waals surface area contributed by atoms with Gasteiger partial charge in [-0.1, -0.05) is 98.6 Å². The molecule has 2 amide bonds. The van der Waals surface area contributed by atoms with Gasteiger partial charge in [0.1, 0.15) is 0 Å². The summed E-state index contributed by atoms with van der Waals surface area (Å²) in [5.41, 5.74) is 4.59. The molecule has 1 N–H and O–H groups in total. The smallest absolute Gasteiger partial charge is 0.265 e. The molecule has 3 aromatic carbocycles. The van der Waals surface area contributed by atoms with Gasteiger partial charge in [-0.2, -0.15) is 0 Å². The average Bonchev–Trinajstić information content (AvgIpc) is 2.89. The van der Waals surface area contributed by atoms with Crippen LogP contribution in [0.15, 0.2) is 82.6 Å². The minimum atomic E-state index is -0.0627. The summed E-state index contributed by atoms with van der Waals surface area (Å²) in [6, 6.07) is 24.1. The minimum absolute atomic E-state index is 0.0462. The number of hydrogen-bond acceptors (Lipinski definition) is 3. The summed E-state index contributed by atoms with van der Waals surface area (Å²) in [7, 11) is 0. The molecule has 0 radical (unpaired) electrons. The zero-order valence-electron chi connectivity index (χ0n) is 21.7. The molecule has 37 heavy (non-hydrogen) atoms. The zero-order valence-corrected chi connectivity index (χ0v) is 22.6. The van der Waals surface area contributed by atoms with E-state index in [-0.39, 0.29) is 17.9 Å². The van der Waals surface area contributed by atoms with Crippen LogP contribution in [0, 0.1) is 18.8 Å². The van der Waals surface area contributed by atoms with E-state index < -0.39 is 0 Å². The average molecular weight is 511 g/mol. The van der Waals surface area contributed by atoms with Crippen LogP contribution in [0.2, 0.25) is 0 Å². The first-order chi connectivity index (χ1) is 17.9. The summed E-state index contributed by atoms with van der Waals surface area (Å²) in [4.78, 5) is 30.6. The molecule has 5 heteroatoms. The Labute approximate surface area is 224 Å². The van der Waals surface area contributed by atoms with Gasteiger partial charge in [-0.3, -0.25) is 9.59 Å². The topological polar surface area (TPSA) is 49.4 Å². The Morgan fingerprint density at radius 3 is 2.62 bits per heavy atom. The molecule has 2 aliphatic rings. The maximum absolute atomic E-state index is 13.8. The highest BCUT2D eigenvalue weighted by atomic mass is 32.2. The van der Waals surface area contributed by atoms with Gasteiger partial charge in [0, 0.05) is 16.5 Å². The zero-order chi connectivity index (χ0) is 25.9. The number of rotatable bonds is 5. The van der Waals surface area contributed by atoms with Crippen LogP contribution in [-0.2, 0) is 11.3 Å². The molecule has 3 atom stereocenters. The minimum Gasteiger partial charge on any atom is -0.349 e. The van der Waals surface area contributed by atoms with E-state index in [1.165, 1.54) is 18.2 Å². The lowest BCUT2D eigenvalue weighted by molar-refractivity contribution is -0.114. The molecule has 4 nitrogen and oxygen atoms in total. The van der Waals surface area contributed by atoms with Gasteiger partial charge >= 0.3 is 0 Å². The van der Waals surface area contributed by atoms with Crippen molar-refractivity contribution in [3.8, 4) is 0 Å². The van der Waals surface area contributed by atoms with E-state index in [0.29, 0.717) is 28.8 Å². The quantitative estimate of drug-likeness (QED) is 0.368. The predicted molar refractivity (Wildman–Crippen MR) is 153 cm³/mol. The summed E-state index contributed by atoms with van der Waals surface area (Å²) in [6.07, 6.45) is 5.33. The lowest BCUT2D eigenvalue weighted by Gasteiger charge is -2.35. The summed E-state index contributed by atoms with van der Waals surface area (Å²) in [5.74, 6) is 0.953. The first-order valence-electron chi connectivity index (χ1n) is 13.2. The van der Waals surface area contributed by atoms with Crippen molar-refractivity contribution in [1.82, 2.24) is 5.32 Å². The Morgan fingerprint density at radius 2 is 1.84 bits per heavy atom. The lowest BCUT2D eigenvalue weighted by atomic mass is 9.78. The molecule has 1 heterocycles.